The van der Waals surface area contributed by atoms with Crippen molar-refractivity contribution in [3.63, 3.8) is 0 Å². The van der Waals surface area contributed by atoms with Gasteiger partial charge >= 0.3 is 0 Å². The smallest absolute Gasteiger partial charge is 0.248 e. The van der Waals surface area contributed by atoms with Gasteiger partial charge in [0.2, 0.25) is 5.91 Å². The highest BCUT2D eigenvalue weighted by Gasteiger charge is 2.07. The molecule has 0 bridgehead atoms. The Hall–Kier alpha value is -2.27. The number of amides is 1. The second-order valence-corrected chi connectivity index (χ2v) is 4.61. The Morgan fingerprint density at radius 2 is 2.05 bits per heavy atom. The van der Waals surface area contributed by atoms with Gasteiger partial charge in [0.25, 0.3) is 0 Å². The van der Waals surface area contributed by atoms with E-state index >= 15 is 0 Å². The highest BCUT2D eigenvalue weighted by Crippen LogP contribution is 2.24. The van der Waals surface area contributed by atoms with Crippen LogP contribution in [0.4, 0.5) is 10.1 Å². The van der Waals surface area contributed by atoms with Crippen molar-refractivity contribution in [2.75, 3.05) is 5.32 Å². The molecule has 2 rings (SSSR count). The first-order chi connectivity index (χ1) is 9.47. The zero-order valence-electron chi connectivity index (χ0n) is 10.4. The number of halogens is 2. The van der Waals surface area contributed by atoms with Crippen molar-refractivity contribution in [2.24, 2.45) is 5.73 Å². The molecule has 0 saturated heterocycles. The molecule has 0 aliphatic heterocycles. The standard InChI is InChI=1S/C14H12ClFN2O2/c15-10-3-2-9(14(17)20)6-12(10)18-7-8-1-4-13(19)11(16)5-8/h1-6,18-19H,7H2,(H2,17,20). The van der Waals surface area contributed by atoms with Crippen LogP contribution >= 0.6 is 11.6 Å². The van der Waals surface area contributed by atoms with Gasteiger partial charge in [-0.25, -0.2) is 4.39 Å². The monoisotopic (exact) mass is 294 g/mol. The number of hydrogen-bond acceptors (Lipinski definition) is 3. The van der Waals surface area contributed by atoms with Crippen molar-refractivity contribution < 1.29 is 14.3 Å². The van der Waals surface area contributed by atoms with Crippen LogP contribution < -0.4 is 11.1 Å². The van der Waals surface area contributed by atoms with Crippen LogP contribution in [0.5, 0.6) is 5.75 Å². The quantitative estimate of drug-likeness (QED) is 0.811. The SMILES string of the molecule is NC(=O)c1ccc(Cl)c(NCc2ccc(O)c(F)c2)c1. The Bertz CT molecular complexity index is 662. The summed E-state index contributed by atoms with van der Waals surface area (Å²) in [4.78, 5) is 11.1. The molecule has 0 aromatic heterocycles. The lowest BCUT2D eigenvalue weighted by Gasteiger charge is -2.10. The average molecular weight is 295 g/mol. The number of nitrogens with one attached hydrogen (secondary N) is 1. The average Bonchev–Trinajstić information content (AvgIpc) is 2.41. The van der Waals surface area contributed by atoms with E-state index in [2.05, 4.69) is 5.32 Å². The maximum atomic E-state index is 13.2. The van der Waals surface area contributed by atoms with Gasteiger partial charge in [0.15, 0.2) is 11.6 Å². The Kier molecular flexibility index (Phi) is 4.10. The summed E-state index contributed by atoms with van der Waals surface area (Å²) in [5.74, 6) is -1.65. The zero-order valence-corrected chi connectivity index (χ0v) is 11.1. The van der Waals surface area contributed by atoms with Crippen LogP contribution in [-0.2, 0) is 6.54 Å². The highest BCUT2D eigenvalue weighted by atomic mass is 35.5. The summed E-state index contributed by atoms with van der Waals surface area (Å²) in [6.45, 7) is 0.291. The number of carbonyl (C=O) groups is 1. The fourth-order valence-corrected chi connectivity index (χ4v) is 1.86. The molecule has 0 atom stereocenters. The minimum Gasteiger partial charge on any atom is -0.505 e. The molecule has 1 amide bonds. The summed E-state index contributed by atoms with van der Waals surface area (Å²) < 4.78 is 13.2. The van der Waals surface area contributed by atoms with E-state index in [1.165, 1.54) is 24.3 Å². The minimum absolute atomic E-state index is 0.291. The summed E-state index contributed by atoms with van der Waals surface area (Å²) in [5, 5.41) is 12.5. The molecule has 0 aliphatic rings. The summed E-state index contributed by atoms with van der Waals surface area (Å²) in [6.07, 6.45) is 0. The number of phenolic OH excluding ortho intramolecular Hbond substituents is 1. The largest absolute Gasteiger partial charge is 0.505 e. The Morgan fingerprint density at radius 3 is 2.70 bits per heavy atom. The number of primary amides is 1. The van der Waals surface area contributed by atoms with E-state index in [1.807, 2.05) is 0 Å². The van der Waals surface area contributed by atoms with Gasteiger partial charge in [-0.1, -0.05) is 17.7 Å². The Balaban J connectivity index is 2.15. The fraction of sp³-hybridized carbons (Fsp3) is 0.0714. The molecule has 6 heteroatoms. The number of phenols is 1. The molecule has 2 aromatic rings. The lowest BCUT2D eigenvalue weighted by Crippen LogP contribution is -2.11. The Morgan fingerprint density at radius 1 is 1.30 bits per heavy atom. The third-order valence-corrected chi connectivity index (χ3v) is 3.08. The van der Waals surface area contributed by atoms with Gasteiger partial charge in [0.1, 0.15) is 0 Å². The van der Waals surface area contributed by atoms with Gasteiger partial charge in [0, 0.05) is 12.1 Å². The van der Waals surface area contributed by atoms with Crippen LogP contribution in [0.1, 0.15) is 15.9 Å². The van der Waals surface area contributed by atoms with Gasteiger partial charge in [-0.2, -0.15) is 0 Å². The maximum Gasteiger partial charge on any atom is 0.248 e. The second-order valence-electron chi connectivity index (χ2n) is 4.20. The molecule has 0 radical (unpaired) electrons. The number of nitrogens with two attached hydrogens (primary N) is 1. The third-order valence-electron chi connectivity index (χ3n) is 2.75. The molecule has 0 aliphatic carbocycles. The van der Waals surface area contributed by atoms with Crippen molar-refractivity contribution in [3.8, 4) is 5.75 Å². The van der Waals surface area contributed by atoms with Crippen LogP contribution in [0, 0.1) is 5.82 Å². The predicted octanol–water partition coefficient (Wildman–Crippen LogP) is 2.90. The molecule has 4 nitrogen and oxygen atoms in total. The molecule has 0 fully saturated rings. The van der Waals surface area contributed by atoms with Crippen molar-refractivity contribution >= 4 is 23.2 Å². The predicted molar refractivity (Wildman–Crippen MR) is 75.4 cm³/mol. The van der Waals surface area contributed by atoms with E-state index < -0.39 is 17.5 Å². The molecule has 0 unspecified atom stereocenters. The number of rotatable bonds is 4. The van der Waals surface area contributed by atoms with Gasteiger partial charge < -0.3 is 16.2 Å². The van der Waals surface area contributed by atoms with Gasteiger partial charge in [-0.3, -0.25) is 4.79 Å². The maximum absolute atomic E-state index is 13.2. The second kappa shape index (κ2) is 5.79. The van der Waals surface area contributed by atoms with Gasteiger partial charge in [-0.05, 0) is 35.9 Å². The molecule has 0 saturated carbocycles. The first kappa shape index (κ1) is 14.1. The topological polar surface area (TPSA) is 75.4 Å². The van der Waals surface area contributed by atoms with Crippen molar-refractivity contribution in [1.29, 1.82) is 0 Å². The molecule has 0 heterocycles. The normalized spacial score (nSPS) is 10.3. The van der Waals surface area contributed by atoms with Crippen molar-refractivity contribution in [1.82, 2.24) is 0 Å². The zero-order chi connectivity index (χ0) is 14.7. The van der Waals surface area contributed by atoms with Crippen LogP contribution in [-0.4, -0.2) is 11.0 Å². The van der Waals surface area contributed by atoms with Crippen LogP contribution in [0.3, 0.4) is 0 Å². The number of benzene rings is 2. The van der Waals surface area contributed by atoms with Crippen molar-refractivity contribution in [3.05, 3.63) is 58.4 Å². The minimum atomic E-state index is -0.693. The summed E-state index contributed by atoms with van der Waals surface area (Å²) in [6, 6.07) is 8.68. The molecule has 4 N–H and O–H groups in total. The third kappa shape index (κ3) is 3.19. The number of hydrogen-bond donors (Lipinski definition) is 3. The number of anilines is 1. The van der Waals surface area contributed by atoms with Crippen LogP contribution in [0.2, 0.25) is 5.02 Å². The first-order valence-electron chi connectivity index (χ1n) is 5.78. The summed E-state index contributed by atoms with van der Waals surface area (Å²) in [7, 11) is 0. The molecule has 20 heavy (non-hydrogen) atoms. The van der Waals surface area contributed by atoms with E-state index in [-0.39, 0.29) is 0 Å². The van der Waals surface area contributed by atoms with Gasteiger partial charge in [-0.15, -0.1) is 0 Å². The fourth-order valence-electron chi connectivity index (χ4n) is 1.67. The molecule has 0 spiro atoms. The highest BCUT2D eigenvalue weighted by molar-refractivity contribution is 6.33. The van der Waals surface area contributed by atoms with Crippen LogP contribution in [0.25, 0.3) is 0 Å². The van der Waals surface area contributed by atoms with Crippen LogP contribution in [0.15, 0.2) is 36.4 Å². The molecule has 2 aromatic carbocycles. The van der Waals surface area contributed by atoms with E-state index in [4.69, 9.17) is 22.4 Å². The first-order valence-corrected chi connectivity index (χ1v) is 6.16. The number of carbonyl (C=O) groups excluding carboxylic acids is 1. The summed E-state index contributed by atoms with van der Waals surface area (Å²) >= 11 is 5.99. The Labute approximate surface area is 120 Å². The van der Waals surface area contributed by atoms with E-state index in [0.717, 1.165) is 0 Å². The van der Waals surface area contributed by atoms with Crippen molar-refractivity contribution in [2.45, 2.75) is 6.54 Å². The summed E-state index contributed by atoms with van der Waals surface area (Å²) in [5.41, 5.74) is 6.67. The molecular formula is C14H12ClFN2O2. The molecular weight excluding hydrogens is 283 g/mol. The van der Waals surface area contributed by atoms with E-state index in [9.17, 15) is 9.18 Å². The molecule has 104 valence electrons. The van der Waals surface area contributed by atoms with E-state index in [1.54, 1.807) is 12.1 Å². The van der Waals surface area contributed by atoms with E-state index in [0.29, 0.717) is 28.4 Å². The lowest BCUT2D eigenvalue weighted by molar-refractivity contribution is 0.100. The number of aromatic hydroxyl groups is 1. The lowest BCUT2D eigenvalue weighted by atomic mass is 10.1. The van der Waals surface area contributed by atoms with Gasteiger partial charge in [0.05, 0.1) is 10.7 Å².